The Morgan fingerprint density at radius 3 is 2.65 bits per heavy atom. The van der Waals surface area contributed by atoms with Gasteiger partial charge in [-0.15, -0.1) is 6.58 Å². The number of carbonyl (C=O) groups excluding carboxylic acids is 1. The Bertz CT molecular complexity index is 743. The van der Waals surface area contributed by atoms with Crippen molar-refractivity contribution in [1.29, 1.82) is 0 Å². The first kappa shape index (κ1) is 17.1. The minimum atomic E-state index is -0.239. The fourth-order valence-corrected chi connectivity index (χ4v) is 2.55. The summed E-state index contributed by atoms with van der Waals surface area (Å²) in [7, 11) is 0. The van der Waals surface area contributed by atoms with Crippen molar-refractivity contribution in [3.05, 3.63) is 58.6 Å². The number of aromatic nitrogens is 3. The Morgan fingerprint density at radius 1 is 1.43 bits per heavy atom. The van der Waals surface area contributed by atoms with Crippen LogP contribution in [0.15, 0.2) is 36.9 Å². The summed E-state index contributed by atoms with van der Waals surface area (Å²) in [6.07, 6.45) is 1.76. The monoisotopic (exact) mass is 330 g/mol. The lowest BCUT2D eigenvalue weighted by Crippen LogP contribution is -2.33. The summed E-state index contributed by atoms with van der Waals surface area (Å²) >= 11 is 5.25. The highest BCUT2D eigenvalue weighted by Gasteiger charge is 2.24. The molecule has 5 nitrogen and oxygen atoms in total. The van der Waals surface area contributed by atoms with Gasteiger partial charge in [-0.3, -0.25) is 14.5 Å². The van der Waals surface area contributed by atoms with E-state index in [0.29, 0.717) is 22.7 Å². The average molecular weight is 330 g/mol. The topological polar surface area (TPSA) is 62.7 Å². The molecule has 6 heteroatoms. The SMILES string of the molecule is C=CCn1c([C@H](NC(=O)c2ccc(C)cc2)C(C)C)n[nH]c1=S. The van der Waals surface area contributed by atoms with E-state index in [1.54, 1.807) is 6.08 Å². The molecule has 1 heterocycles. The Morgan fingerprint density at radius 2 is 2.09 bits per heavy atom. The zero-order valence-electron chi connectivity index (χ0n) is 13.7. The van der Waals surface area contributed by atoms with Crippen LogP contribution in [0.2, 0.25) is 0 Å². The van der Waals surface area contributed by atoms with Crippen molar-refractivity contribution in [3.8, 4) is 0 Å². The summed E-state index contributed by atoms with van der Waals surface area (Å²) in [5, 5.41) is 10.2. The van der Waals surface area contributed by atoms with Gasteiger partial charge in [-0.2, -0.15) is 5.10 Å². The lowest BCUT2D eigenvalue weighted by molar-refractivity contribution is 0.0922. The van der Waals surface area contributed by atoms with Crippen LogP contribution < -0.4 is 5.32 Å². The van der Waals surface area contributed by atoms with Gasteiger partial charge < -0.3 is 5.32 Å². The van der Waals surface area contributed by atoms with Crippen LogP contribution in [0.5, 0.6) is 0 Å². The molecule has 0 aliphatic heterocycles. The predicted octanol–water partition coefficient (Wildman–Crippen LogP) is 3.56. The van der Waals surface area contributed by atoms with Crippen LogP contribution in [0, 0.1) is 17.6 Å². The second-order valence-corrected chi connectivity index (χ2v) is 6.23. The van der Waals surface area contributed by atoms with Crippen LogP contribution in [0.1, 0.15) is 41.6 Å². The van der Waals surface area contributed by atoms with Crippen LogP contribution in [0.3, 0.4) is 0 Å². The Hall–Kier alpha value is -2.21. The lowest BCUT2D eigenvalue weighted by Gasteiger charge is -2.22. The first-order chi connectivity index (χ1) is 10.9. The largest absolute Gasteiger partial charge is 0.342 e. The number of amides is 1. The van der Waals surface area contributed by atoms with Gasteiger partial charge in [-0.25, -0.2) is 0 Å². The van der Waals surface area contributed by atoms with Crippen molar-refractivity contribution in [1.82, 2.24) is 20.1 Å². The molecule has 0 unspecified atom stereocenters. The molecule has 1 amide bonds. The molecule has 0 spiro atoms. The molecule has 0 radical (unpaired) electrons. The molecule has 1 aromatic heterocycles. The summed E-state index contributed by atoms with van der Waals surface area (Å²) in [5.74, 6) is 0.756. The van der Waals surface area contributed by atoms with Crippen molar-refractivity contribution >= 4 is 18.1 Å². The molecule has 23 heavy (non-hydrogen) atoms. The van der Waals surface area contributed by atoms with Crippen molar-refractivity contribution < 1.29 is 4.79 Å². The van der Waals surface area contributed by atoms with Crippen molar-refractivity contribution in [2.75, 3.05) is 0 Å². The molecule has 2 N–H and O–H groups in total. The van der Waals surface area contributed by atoms with E-state index in [4.69, 9.17) is 12.2 Å². The normalized spacial score (nSPS) is 12.2. The number of nitrogens with one attached hydrogen (secondary N) is 2. The lowest BCUT2D eigenvalue weighted by atomic mass is 10.0. The summed E-state index contributed by atoms with van der Waals surface area (Å²) in [6, 6.07) is 7.25. The number of aryl methyl sites for hydroxylation is 1. The summed E-state index contributed by atoms with van der Waals surface area (Å²) in [6.45, 7) is 10.4. The molecular weight excluding hydrogens is 308 g/mol. The maximum absolute atomic E-state index is 12.5. The number of H-pyrrole nitrogens is 1. The molecule has 2 rings (SSSR count). The minimum Gasteiger partial charge on any atom is -0.342 e. The molecule has 0 bridgehead atoms. The fourth-order valence-electron chi connectivity index (χ4n) is 2.33. The number of nitrogens with zero attached hydrogens (tertiary/aromatic N) is 2. The maximum atomic E-state index is 12.5. The van der Waals surface area contributed by atoms with Gasteiger partial charge in [-0.1, -0.05) is 37.6 Å². The quantitative estimate of drug-likeness (QED) is 0.629. The van der Waals surface area contributed by atoms with Crippen LogP contribution in [0.25, 0.3) is 0 Å². The van der Waals surface area contributed by atoms with Crippen molar-refractivity contribution in [2.45, 2.75) is 33.4 Å². The average Bonchev–Trinajstić information content (AvgIpc) is 2.86. The summed E-state index contributed by atoms with van der Waals surface area (Å²) in [4.78, 5) is 12.5. The van der Waals surface area contributed by atoms with Gasteiger partial charge in [0.1, 0.15) is 0 Å². The summed E-state index contributed by atoms with van der Waals surface area (Å²) in [5.41, 5.74) is 1.75. The zero-order chi connectivity index (χ0) is 17.0. The van der Waals surface area contributed by atoms with E-state index in [1.807, 2.05) is 49.6 Å². The number of hydrogen-bond donors (Lipinski definition) is 2. The molecule has 0 fully saturated rings. The maximum Gasteiger partial charge on any atom is 0.251 e. The second kappa shape index (κ2) is 7.37. The van der Waals surface area contributed by atoms with Gasteiger partial charge in [0.25, 0.3) is 5.91 Å². The van der Waals surface area contributed by atoms with Gasteiger partial charge in [-0.05, 0) is 37.2 Å². The van der Waals surface area contributed by atoms with Crippen LogP contribution in [0.4, 0.5) is 0 Å². The van der Waals surface area contributed by atoms with E-state index < -0.39 is 0 Å². The number of rotatable bonds is 6. The van der Waals surface area contributed by atoms with Gasteiger partial charge in [0, 0.05) is 12.1 Å². The van der Waals surface area contributed by atoms with E-state index in [-0.39, 0.29) is 17.9 Å². The van der Waals surface area contributed by atoms with E-state index in [9.17, 15) is 4.79 Å². The Kier molecular flexibility index (Phi) is 5.50. The van der Waals surface area contributed by atoms with Crippen molar-refractivity contribution in [3.63, 3.8) is 0 Å². The molecule has 0 aliphatic carbocycles. The molecular formula is C17H22N4OS. The second-order valence-electron chi connectivity index (χ2n) is 5.85. The molecule has 0 saturated carbocycles. The standard InChI is InChI=1S/C17H22N4OS/c1-5-10-21-15(19-20-17(21)23)14(11(2)3)18-16(22)13-8-6-12(4)7-9-13/h5-9,11,14H,1,10H2,2-4H3,(H,18,22)(H,20,23)/t14-/m1/s1. The van der Waals surface area contributed by atoms with Gasteiger partial charge in [0.15, 0.2) is 10.6 Å². The third kappa shape index (κ3) is 3.96. The highest BCUT2D eigenvalue weighted by atomic mass is 32.1. The number of aromatic amines is 1. The van der Waals surface area contributed by atoms with E-state index in [2.05, 4.69) is 22.1 Å². The fraction of sp³-hybridized carbons (Fsp3) is 0.353. The molecule has 122 valence electrons. The van der Waals surface area contributed by atoms with E-state index in [1.165, 1.54) is 0 Å². The third-order valence-corrected chi connectivity index (χ3v) is 3.96. The predicted molar refractivity (Wildman–Crippen MR) is 93.8 cm³/mol. The first-order valence-electron chi connectivity index (χ1n) is 7.57. The number of hydrogen-bond acceptors (Lipinski definition) is 3. The van der Waals surface area contributed by atoms with Gasteiger partial charge in [0.05, 0.1) is 6.04 Å². The smallest absolute Gasteiger partial charge is 0.251 e. The van der Waals surface area contributed by atoms with Crippen molar-refractivity contribution in [2.24, 2.45) is 5.92 Å². The highest BCUT2D eigenvalue weighted by molar-refractivity contribution is 7.71. The summed E-state index contributed by atoms with van der Waals surface area (Å²) < 4.78 is 2.37. The molecule has 0 saturated heterocycles. The minimum absolute atomic E-state index is 0.122. The van der Waals surface area contributed by atoms with Crippen LogP contribution in [-0.2, 0) is 6.54 Å². The molecule has 2 aromatic rings. The van der Waals surface area contributed by atoms with E-state index >= 15 is 0 Å². The molecule has 0 aliphatic rings. The van der Waals surface area contributed by atoms with E-state index in [0.717, 1.165) is 5.56 Å². The Balaban J connectivity index is 2.29. The first-order valence-corrected chi connectivity index (χ1v) is 7.98. The number of carbonyl (C=O) groups is 1. The van der Waals surface area contributed by atoms with Gasteiger partial charge in [0.2, 0.25) is 0 Å². The highest BCUT2D eigenvalue weighted by Crippen LogP contribution is 2.21. The number of benzene rings is 1. The Labute approximate surface area is 141 Å². The molecule has 1 atom stereocenters. The van der Waals surface area contributed by atoms with Gasteiger partial charge >= 0.3 is 0 Å². The third-order valence-electron chi connectivity index (χ3n) is 3.64. The zero-order valence-corrected chi connectivity index (χ0v) is 14.5. The van der Waals surface area contributed by atoms with Crippen LogP contribution in [-0.4, -0.2) is 20.7 Å². The van der Waals surface area contributed by atoms with Crippen LogP contribution >= 0.6 is 12.2 Å². The molecule has 1 aromatic carbocycles. The number of allylic oxidation sites excluding steroid dienone is 1.